The molecule has 1 aliphatic rings. The molecular formula is C19H30N2O3. The number of hydrogen-bond acceptors (Lipinski definition) is 4. The summed E-state index contributed by atoms with van der Waals surface area (Å²) in [7, 11) is 5.64. The third-order valence-electron chi connectivity index (χ3n) is 5.47. The lowest BCUT2D eigenvalue weighted by Gasteiger charge is -2.45. The summed E-state index contributed by atoms with van der Waals surface area (Å²) < 4.78 is 5.32. The first-order valence-corrected chi connectivity index (χ1v) is 8.59. The van der Waals surface area contributed by atoms with Gasteiger partial charge in [-0.3, -0.25) is 4.79 Å². The van der Waals surface area contributed by atoms with Gasteiger partial charge in [0.15, 0.2) is 0 Å². The fraction of sp³-hybridized carbons (Fsp3) is 0.632. The van der Waals surface area contributed by atoms with E-state index < -0.39 is 5.60 Å². The Hall–Kier alpha value is -1.59. The SMILES string of the molecule is COc1cccc(C2(O)CCC(C(C)C(N)=O)CC2CN(C)C)c1. The van der Waals surface area contributed by atoms with Crippen molar-refractivity contribution in [1.29, 1.82) is 0 Å². The molecule has 0 bridgehead atoms. The van der Waals surface area contributed by atoms with E-state index in [-0.39, 0.29) is 23.7 Å². The van der Waals surface area contributed by atoms with Crippen molar-refractivity contribution in [3.63, 3.8) is 0 Å². The van der Waals surface area contributed by atoms with E-state index in [1.54, 1.807) is 7.11 Å². The highest BCUT2D eigenvalue weighted by molar-refractivity contribution is 5.76. The van der Waals surface area contributed by atoms with Gasteiger partial charge in [0.2, 0.25) is 5.91 Å². The molecule has 1 amide bonds. The van der Waals surface area contributed by atoms with Crippen LogP contribution in [-0.2, 0) is 10.4 Å². The second-order valence-electron chi connectivity index (χ2n) is 7.34. The molecule has 1 aromatic carbocycles. The number of rotatable bonds is 6. The Bertz CT molecular complexity index is 575. The molecule has 0 aliphatic heterocycles. The van der Waals surface area contributed by atoms with Crippen molar-refractivity contribution in [1.82, 2.24) is 4.90 Å². The number of benzene rings is 1. The van der Waals surface area contributed by atoms with E-state index in [0.29, 0.717) is 6.42 Å². The van der Waals surface area contributed by atoms with Crippen LogP contribution in [0.4, 0.5) is 0 Å². The molecule has 134 valence electrons. The minimum atomic E-state index is -0.910. The smallest absolute Gasteiger partial charge is 0.220 e. The summed E-state index contributed by atoms with van der Waals surface area (Å²) in [6.07, 6.45) is 2.21. The molecule has 4 unspecified atom stereocenters. The minimum Gasteiger partial charge on any atom is -0.497 e. The summed E-state index contributed by atoms with van der Waals surface area (Å²) in [5, 5.41) is 11.5. The summed E-state index contributed by atoms with van der Waals surface area (Å²) in [6, 6.07) is 7.68. The zero-order chi connectivity index (χ0) is 17.9. The molecule has 1 saturated carbocycles. The number of ether oxygens (including phenoxy) is 1. The fourth-order valence-electron chi connectivity index (χ4n) is 3.91. The number of hydrogen-bond donors (Lipinski definition) is 2. The van der Waals surface area contributed by atoms with Crippen molar-refractivity contribution in [3.05, 3.63) is 29.8 Å². The van der Waals surface area contributed by atoms with Gasteiger partial charge < -0.3 is 20.5 Å². The predicted octanol–water partition coefficient (Wildman–Crippen LogP) is 1.98. The van der Waals surface area contributed by atoms with Gasteiger partial charge in [-0.15, -0.1) is 0 Å². The lowest BCUT2D eigenvalue weighted by molar-refractivity contribution is -0.126. The average Bonchev–Trinajstić information content (AvgIpc) is 2.55. The highest BCUT2D eigenvalue weighted by atomic mass is 16.5. The summed E-state index contributed by atoms with van der Waals surface area (Å²) in [6.45, 7) is 2.66. The summed E-state index contributed by atoms with van der Waals surface area (Å²) in [4.78, 5) is 13.7. The molecule has 2 rings (SSSR count). The van der Waals surface area contributed by atoms with E-state index >= 15 is 0 Å². The van der Waals surface area contributed by atoms with Crippen LogP contribution in [0.15, 0.2) is 24.3 Å². The highest BCUT2D eigenvalue weighted by Crippen LogP contribution is 2.46. The van der Waals surface area contributed by atoms with Gasteiger partial charge in [-0.25, -0.2) is 0 Å². The third kappa shape index (κ3) is 3.90. The predicted molar refractivity (Wildman–Crippen MR) is 94.6 cm³/mol. The first kappa shape index (κ1) is 18.7. The lowest BCUT2D eigenvalue weighted by Crippen LogP contribution is -2.47. The molecule has 0 radical (unpaired) electrons. The molecule has 1 aromatic rings. The Kier molecular flexibility index (Phi) is 5.88. The number of amides is 1. The number of nitrogens with zero attached hydrogens (tertiary/aromatic N) is 1. The van der Waals surface area contributed by atoms with Gasteiger partial charge in [-0.1, -0.05) is 19.1 Å². The fourth-order valence-corrected chi connectivity index (χ4v) is 3.91. The van der Waals surface area contributed by atoms with Gasteiger partial charge in [0.05, 0.1) is 12.7 Å². The number of methoxy groups -OCH3 is 1. The first-order chi connectivity index (χ1) is 11.3. The molecule has 1 aliphatic carbocycles. The molecule has 3 N–H and O–H groups in total. The maximum Gasteiger partial charge on any atom is 0.220 e. The van der Waals surface area contributed by atoms with E-state index in [9.17, 15) is 9.90 Å². The van der Waals surface area contributed by atoms with Crippen LogP contribution < -0.4 is 10.5 Å². The third-order valence-corrected chi connectivity index (χ3v) is 5.47. The van der Waals surface area contributed by atoms with Gasteiger partial charge in [0.25, 0.3) is 0 Å². The van der Waals surface area contributed by atoms with E-state index in [0.717, 1.165) is 30.7 Å². The van der Waals surface area contributed by atoms with Crippen molar-refractivity contribution >= 4 is 5.91 Å². The highest BCUT2D eigenvalue weighted by Gasteiger charge is 2.45. The molecule has 0 heterocycles. The molecular weight excluding hydrogens is 304 g/mol. The average molecular weight is 334 g/mol. The monoisotopic (exact) mass is 334 g/mol. The van der Waals surface area contributed by atoms with Gasteiger partial charge in [0.1, 0.15) is 5.75 Å². The van der Waals surface area contributed by atoms with E-state index in [2.05, 4.69) is 4.90 Å². The zero-order valence-electron chi connectivity index (χ0n) is 15.2. The van der Waals surface area contributed by atoms with Crippen molar-refractivity contribution < 1.29 is 14.6 Å². The Labute approximate surface area is 144 Å². The van der Waals surface area contributed by atoms with Gasteiger partial charge in [0, 0.05) is 18.4 Å². The van der Waals surface area contributed by atoms with Crippen molar-refractivity contribution in [3.8, 4) is 5.75 Å². The van der Waals surface area contributed by atoms with Crippen LogP contribution in [-0.4, -0.2) is 43.7 Å². The molecule has 4 atom stereocenters. The Morgan fingerprint density at radius 3 is 2.79 bits per heavy atom. The van der Waals surface area contributed by atoms with Crippen LogP contribution >= 0.6 is 0 Å². The number of carbonyl (C=O) groups excluding carboxylic acids is 1. The van der Waals surface area contributed by atoms with E-state index in [4.69, 9.17) is 10.5 Å². The molecule has 0 saturated heterocycles. The number of nitrogens with two attached hydrogens (primary N) is 1. The van der Waals surface area contributed by atoms with E-state index in [1.165, 1.54) is 0 Å². The second kappa shape index (κ2) is 7.53. The van der Waals surface area contributed by atoms with Gasteiger partial charge in [-0.2, -0.15) is 0 Å². The number of primary amides is 1. The number of aliphatic hydroxyl groups is 1. The Morgan fingerprint density at radius 1 is 1.50 bits per heavy atom. The second-order valence-corrected chi connectivity index (χ2v) is 7.34. The maximum absolute atomic E-state index is 11.6. The van der Waals surface area contributed by atoms with Gasteiger partial charge >= 0.3 is 0 Å². The van der Waals surface area contributed by atoms with Crippen LogP contribution in [0.25, 0.3) is 0 Å². The zero-order valence-corrected chi connectivity index (χ0v) is 15.2. The normalized spacial score (nSPS) is 28.6. The summed E-state index contributed by atoms with van der Waals surface area (Å²) in [5.74, 6) is 0.593. The molecule has 5 heteroatoms. The van der Waals surface area contributed by atoms with Crippen LogP contribution in [0.2, 0.25) is 0 Å². The molecule has 5 nitrogen and oxygen atoms in total. The molecule has 0 aromatic heterocycles. The summed E-state index contributed by atoms with van der Waals surface area (Å²) in [5.41, 5.74) is 5.48. The number of carbonyl (C=O) groups is 1. The van der Waals surface area contributed by atoms with Crippen molar-refractivity contribution in [2.45, 2.75) is 31.8 Å². The van der Waals surface area contributed by atoms with Crippen LogP contribution in [0.3, 0.4) is 0 Å². The van der Waals surface area contributed by atoms with E-state index in [1.807, 2.05) is 45.3 Å². The maximum atomic E-state index is 11.6. The standard InChI is InChI=1S/C19H30N2O3/c1-13(18(20)22)14-8-9-19(23,16(10-14)12-21(2)3)15-6-5-7-17(11-15)24-4/h5-7,11,13-14,16,23H,8-10,12H2,1-4H3,(H2,20,22). The summed E-state index contributed by atoms with van der Waals surface area (Å²) >= 11 is 0. The van der Waals surface area contributed by atoms with Crippen LogP contribution in [0.1, 0.15) is 31.7 Å². The Morgan fingerprint density at radius 2 is 2.21 bits per heavy atom. The minimum absolute atomic E-state index is 0.0418. The molecule has 1 fully saturated rings. The molecule has 24 heavy (non-hydrogen) atoms. The largest absolute Gasteiger partial charge is 0.497 e. The van der Waals surface area contributed by atoms with Crippen LogP contribution in [0.5, 0.6) is 5.75 Å². The lowest BCUT2D eigenvalue weighted by atomic mass is 9.65. The Balaban J connectivity index is 2.31. The first-order valence-electron chi connectivity index (χ1n) is 8.59. The van der Waals surface area contributed by atoms with Crippen LogP contribution in [0, 0.1) is 17.8 Å². The quantitative estimate of drug-likeness (QED) is 0.834. The van der Waals surface area contributed by atoms with Crippen molar-refractivity contribution in [2.75, 3.05) is 27.7 Å². The molecule has 0 spiro atoms. The van der Waals surface area contributed by atoms with Crippen molar-refractivity contribution in [2.24, 2.45) is 23.5 Å². The van der Waals surface area contributed by atoms with Gasteiger partial charge in [-0.05, 0) is 57.0 Å². The topological polar surface area (TPSA) is 75.8 Å².